The van der Waals surface area contributed by atoms with E-state index in [0.717, 1.165) is 11.0 Å². The van der Waals surface area contributed by atoms with E-state index in [4.69, 9.17) is 4.42 Å². The van der Waals surface area contributed by atoms with Crippen LogP contribution >= 0.6 is 0 Å². The lowest BCUT2D eigenvalue weighted by molar-refractivity contribution is -0.129. The maximum atomic E-state index is 12.4. The van der Waals surface area contributed by atoms with Crippen LogP contribution in [0.3, 0.4) is 0 Å². The lowest BCUT2D eigenvalue weighted by Gasteiger charge is -2.22. The lowest BCUT2D eigenvalue weighted by atomic mass is 10.0. The Hall–Kier alpha value is -2.30. The second kappa shape index (κ2) is 6.64. The van der Waals surface area contributed by atoms with Crippen LogP contribution in [-0.4, -0.2) is 17.9 Å². The summed E-state index contributed by atoms with van der Waals surface area (Å²) >= 11 is 0. The third-order valence-electron chi connectivity index (χ3n) is 3.54. The van der Waals surface area contributed by atoms with Gasteiger partial charge in [-0.25, -0.2) is 0 Å². The van der Waals surface area contributed by atoms with E-state index in [2.05, 4.69) is 10.6 Å². The van der Waals surface area contributed by atoms with Gasteiger partial charge in [-0.2, -0.15) is 0 Å². The molecule has 2 rings (SSSR count). The minimum atomic E-state index is -0.552. The number of fused-ring (bicyclic) bond motifs is 1. The Morgan fingerprint density at radius 1 is 1.09 bits per heavy atom. The van der Waals surface area contributed by atoms with Crippen molar-refractivity contribution in [2.24, 2.45) is 5.92 Å². The third kappa shape index (κ3) is 3.67. The van der Waals surface area contributed by atoms with Crippen molar-refractivity contribution in [1.82, 2.24) is 10.6 Å². The highest BCUT2D eigenvalue weighted by Gasteiger charge is 2.25. The normalized spacial score (nSPS) is 13.9. The van der Waals surface area contributed by atoms with E-state index in [1.165, 1.54) is 6.92 Å². The van der Waals surface area contributed by atoms with Crippen molar-refractivity contribution in [3.63, 3.8) is 0 Å². The fourth-order valence-electron chi connectivity index (χ4n) is 2.34. The molecule has 0 unspecified atom stereocenters. The van der Waals surface area contributed by atoms with Crippen LogP contribution < -0.4 is 10.6 Å². The Balaban J connectivity index is 2.10. The summed E-state index contributed by atoms with van der Waals surface area (Å²) in [5.74, 6) is 0.273. The van der Waals surface area contributed by atoms with Gasteiger partial charge in [0, 0.05) is 12.3 Å². The molecule has 2 atom stereocenters. The van der Waals surface area contributed by atoms with Gasteiger partial charge in [0.2, 0.25) is 11.8 Å². The van der Waals surface area contributed by atoms with Crippen molar-refractivity contribution in [2.75, 3.05) is 0 Å². The predicted molar refractivity (Wildman–Crippen MR) is 85.2 cm³/mol. The predicted octanol–water partition coefficient (Wildman–Crippen LogP) is 2.77. The number of hydrogen-bond acceptors (Lipinski definition) is 3. The van der Waals surface area contributed by atoms with E-state index in [-0.39, 0.29) is 23.8 Å². The van der Waals surface area contributed by atoms with Gasteiger partial charge in [0.05, 0.1) is 6.04 Å². The topological polar surface area (TPSA) is 71.3 Å². The molecular weight excluding hydrogens is 280 g/mol. The van der Waals surface area contributed by atoms with Crippen LogP contribution in [0.15, 0.2) is 34.7 Å². The molecule has 0 saturated carbocycles. The van der Waals surface area contributed by atoms with E-state index in [9.17, 15) is 9.59 Å². The minimum Gasteiger partial charge on any atom is -0.459 e. The monoisotopic (exact) mass is 302 g/mol. The van der Waals surface area contributed by atoms with Gasteiger partial charge >= 0.3 is 0 Å². The SMILES string of the molecule is CC(=O)N[C@H](C(=O)N[C@@H](C)c1cc2ccccc2o1)C(C)C. The zero-order chi connectivity index (χ0) is 16.3. The highest BCUT2D eigenvalue weighted by atomic mass is 16.3. The number of hydrogen-bond donors (Lipinski definition) is 2. The fourth-order valence-corrected chi connectivity index (χ4v) is 2.34. The molecule has 1 heterocycles. The van der Waals surface area contributed by atoms with Crippen molar-refractivity contribution in [1.29, 1.82) is 0 Å². The van der Waals surface area contributed by atoms with Gasteiger partial charge in [-0.05, 0) is 25.0 Å². The molecule has 5 nitrogen and oxygen atoms in total. The number of para-hydroxylation sites is 1. The van der Waals surface area contributed by atoms with Gasteiger partial charge in [-0.15, -0.1) is 0 Å². The van der Waals surface area contributed by atoms with Gasteiger partial charge in [0.1, 0.15) is 17.4 Å². The molecule has 2 aromatic rings. The lowest BCUT2D eigenvalue weighted by Crippen LogP contribution is -2.49. The summed E-state index contributed by atoms with van der Waals surface area (Å²) in [6.07, 6.45) is 0. The molecule has 1 aromatic carbocycles. The summed E-state index contributed by atoms with van der Waals surface area (Å²) in [5.41, 5.74) is 0.792. The number of carbonyl (C=O) groups is 2. The van der Waals surface area contributed by atoms with Crippen molar-refractivity contribution >= 4 is 22.8 Å². The van der Waals surface area contributed by atoms with Crippen LogP contribution in [0.5, 0.6) is 0 Å². The number of furan rings is 1. The van der Waals surface area contributed by atoms with E-state index in [1.807, 2.05) is 51.1 Å². The summed E-state index contributed by atoms with van der Waals surface area (Å²) in [4.78, 5) is 23.6. The summed E-state index contributed by atoms with van der Waals surface area (Å²) in [6, 6.07) is 8.80. The molecule has 118 valence electrons. The molecule has 0 aliphatic carbocycles. The number of rotatable bonds is 5. The third-order valence-corrected chi connectivity index (χ3v) is 3.54. The molecule has 0 spiro atoms. The number of carbonyl (C=O) groups excluding carboxylic acids is 2. The van der Waals surface area contributed by atoms with E-state index < -0.39 is 6.04 Å². The second-order valence-electron chi connectivity index (χ2n) is 5.84. The minimum absolute atomic E-state index is 0.00627. The summed E-state index contributed by atoms with van der Waals surface area (Å²) < 4.78 is 5.75. The largest absolute Gasteiger partial charge is 0.459 e. The fraction of sp³-hybridized carbons (Fsp3) is 0.412. The first-order chi connectivity index (χ1) is 10.4. The Morgan fingerprint density at radius 3 is 2.36 bits per heavy atom. The second-order valence-corrected chi connectivity index (χ2v) is 5.84. The number of amides is 2. The van der Waals surface area contributed by atoms with E-state index >= 15 is 0 Å². The maximum absolute atomic E-state index is 12.4. The van der Waals surface area contributed by atoms with Crippen molar-refractivity contribution < 1.29 is 14.0 Å². The smallest absolute Gasteiger partial charge is 0.243 e. The van der Waals surface area contributed by atoms with Crippen LogP contribution in [0.1, 0.15) is 39.5 Å². The van der Waals surface area contributed by atoms with Crippen molar-refractivity contribution in [2.45, 2.75) is 39.8 Å². The van der Waals surface area contributed by atoms with Gasteiger partial charge < -0.3 is 15.1 Å². The first-order valence-corrected chi connectivity index (χ1v) is 7.44. The maximum Gasteiger partial charge on any atom is 0.243 e. The van der Waals surface area contributed by atoms with Crippen LogP contribution in [0.25, 0.3) is 11.0 Å². The number of benzene rings is 1. The van der Waals surface area contributed by atoms with Crippen LogP contribution in [0.4, 0.5) is 0 Å². The number of nitrogens with one attached hydrogen (secondary N) is 2. The van der Waals surface area contributed by atoms with E-state index in [0.29, 0.717) is 5.76 Å². The van der Waals surface area contributed by atoms with Crippen molar-refractivity contribution in [3.8, 4) is 0 Å². The standard InChI is InChI=1S/C17H22N2O3/c1-10(2)16(19-12(4)20)17(21)18-11(3)15-9-13-7-5-6-8-14(13)22-15/h5-11,16H,1-4H3,(H,18,21)(H,19,20)/t11-,16-/m0/s1. The average molecular weight is 302 g/mol. The molecule has 0 aliphatic heterocycles. The Morgan fingerprint density at radius 2 is 1.77 bits per heavy atom. The highest BCUT2D eigenvalue weighted by molar-refractivity contribution is 5.87. The summed E-state index contributed by atoms with van der Waals surface area (Å²) in [6.45, 7) is 7.06. The van der Waals surface area contributed by atoms with Gasteiger partial charge in [0.25, 0.3) is 0 Å². The highest BCUT2D eigenvalue weighted by Crippen LogP contribution is 2.23. The molecule has 0 bridgehead atoms. The Kier molecular flexibility index (Phi) is 4.85. The molecule has 0 saturated heterocycles. The molecule has 2 amide bonds. The molecule has 5 heteroatoms. The van der Waals surface area contributed by atoms with Crippen LogP contribution in [-0.2, 0) is 9.59 Å². The first kappa shape index (κ1) is 16.1. The van der Waals surface area contributed by atoms with Crippen LogP contribution in [0.2, 0.25) is 0 Å². The summed E-state index contributed by atoms with van der Waals surface area (Å²) in [7, 11) is 0. The Bertz CT molecular complexity index is 642. The van der Waals surface area contributed by atoms with Crippen LogP contribution in [0, 0.1) is 5.92 Å². The zero-order valence-electron chi connectivity index (χ0n) is 13.3. The average Bonchev–Trinajstić information content (AvgIpc) is 2.88. The summed E-state index contributed by atoms with van der Waals surface area (Å²) in [5, 5.41) is 6.58. The molecule has 0 fully saturated rings. The molecule has 0 aliphatic rings. The molecule has 2 N–H and O–H groups in total. The van der Waals surface area contributed by atoms with Gasteiger partial charge in [-0.1, -0.05) is 32.0 Å². The zero-order valence-corrected chi connectivity index (χ0v) is 13.3. The van der Waals surface area contributed by atoms with Crippen molar-refractivity contribution in [3.05, 3.63) is 36.1 Å². The van der Waals surface area contributed by atoms with E-state index in [1.54, 1.807) is 0 Å². The molecule has 0 radical (unpaired) electrons. The molecule has 22 heavy (non-hydrogen) atoms. The Labute approximate surface area is 130 Å². The first-order valence-electron chi connectivity index (χ1n) is 7.44. The van der Waals surface area contributed by atoms with Gasteiger partial charge in [0.15, 0.2) is 0 Å². The van der Waals surface area contributed by atoms with Gasteiger partial charge in [-0.3, -0.25) is 9.59 Å². The molecular formula is C17H22N2O3. The molecule has 1 aromatic heterocycles. The quantitative estimate of drug-likeness (QED) is 0.892.